The Hall–Kier alpha value is 0.210. The average Bonchev–Trinajstić information content (AvgIpc) is 1.81. The summed E-state index contributed by atoms with van der Waals surface area (Å²) in [4.78, 5) is 5.44. The zero-order valence-electron chi connectivity index (χ0n) is 5.43. The third kappa shape index (κ3) is 2.83. The molecule has 0 bridgehead atoms. The van der Waals surface area contributed by atoms with Gasteiger partial charge in [0.05, 0.1) is 0 Å². The molecule has 0 amide bonds. The van der Waals surface area contributed by atoms with Crippen molar-refractivity contribution in [2.45, 2.75) is 15.6 Å². The van der Waals surface area contributed by atoms with Gasteiger partial charge in [0.15, 0.2) is 0 Å². The predicted octanol–water partition coefficient (Wildman–Crippen LogP) is 3.17. The maximum Gasteiger partial charge on any atom is 0.454 e. The van der Waals surface area contributed by atoms with E-state index in [4.69, 9.17) is 0 Å². The SMILES string of the molecule is O=C(C(F)(F)F)C(F)(Br)C(F)(F)Br. The standard InChI is InChI=1S/C4Br2F6O/c5-2(7,4(6,11)12)1(13)3(8,9)10. The van der Waals surface area contributed by atoms with Gasteiger partial charge >= 0.3 is 15.6 Å². The largest absolute Gasteiger partial charge is 0.454 e. The zero-order chi connectivity index (χ0) is 11.1. The predicted molar refractivity (Wildman–Crippen MR) is 37.7 cm³/mol. The van der Waals surface area contributed by atoms with Crippen molar-refractivity contribution in [1.29, 1.82) is 0 Å². The molecular formula is C4Br2F6O. The van der Waals surface area contributed by atoms with Crippen LogP contribution >= 0.6 is 31.9 Å². The van der Waals surface area contributed by atoms with Crippen LogP contribution in [0.5, 0.6) is 0 Å². The van der Waals surface area contributed by atoms with Gasteiger partial charge in [-0.2, -0.15) is 22.0 Å². The molecule has 9 heteroatoms. The maximum atomic E-state index is 12.5. The molecule has 0 aromatic rings. The lowest BCUT2D eigenvalue weighted by Gasteiger charge is -2.22. The highest BCUT2D eigenvalue weighted by atomic mass is 79.9. The third-order valence-electron chi connectivity index (χ3n) is 0.899. The summed E-state index contributed by atoms with van der Waals surface area (Å²) in [5.74, 6) is -3.21. The van der Waals surface area contributed by atoms with Gasteiger partial charge in [-0.15, -0.1) is 0 Å². The minimum Gasteiger partial charge on any atom is -0.285 e. The molecule has 0 heterocycles. The molecule has 0 saturated heterocycles. The maximum absolute atomic E-state index is 12.5. The monoisotopic (exact) mass is 336 g/mol. The molecule has 78 valence electrons. The molecule has 0 aliphatic rings. The number of rotatable bonds is 2. The highest BCUT2D eigenvalue weighted by molar-refractivity contribution is 9.13. The van der Waals surface area contributed by atoms with Crippen LogP contribution in [0.2, 0.25) is 0 Å². The molecule has 0 N–H and O–H groups in total. The van der Waals surface area contributed by atoms with Gasteiger partial charge in [-0.1, -0.05) is 0 Å². The summed E-state index contributed by atoms with van der Waals surface area (Å²) in [6, 6.07) is 0. The normalized spacial score (nSPS) is 18.2. The summed E-state index contributed by atoms with van der Waals surface area (Å²) < 4.78 is 66.7. The number of carbonyl (C=O) groups excluding carboxylic acids is 1. The Kier molecular flexibility index (Phi) is 3.47. The van der Waals surface area contributed by atoms with Crippen molar-refractivity contribution in [2.75, 3.05) is 0 Å². The van der Waals surface area contributed by atoms with Crippen LogP contribution in [0.1, 0.15) is 0 Å². The average molecular weight is 338 g/mol. The second-order valence-corrected chi connectivity index (χ2v) is 3.99. The fraction of sp³-hybridized carbons (Fsp3) is 0.750. The minimum absolute atomic E-state index is 1.32. The summed E-state index contributed by atoms with van der Waals surface area (Å²) in [5.41, 5.74) is 0. The van der Waals surface area contributed by atoms with E-state index in [1.807, 2.05) is 0 Å². The number of hydrogen-bond donors (Lipinski definition) is 0. The van der Waals surface area contributed by atoms with Gasteiger partial charge in [-0.05, 0) is 31.9 Å². The van der Waals surface area contributed by atoms with Crippen molar-refractivity contribution >= 4 is 37.6 Å². The van der Waals surface area contributed by atoms with E-state index in [9.17, 15) is 31.1 Å². The van der Waals surface area contributed by atoms with Crippen LogP contribution < -0.4 is 0 Å². The first-order chi connectivity index (χ1) is 5.40. The van der Waals surface area contributed by atoms with E-state index in [1.54, 1.807) is 0 Å². The molecule has 0 spiro atoms. The number of hydrogen-bond acceptors (Lipinski definition) is 1. The Morgan fingerprint density at radius 3 is 1.31 bits per heavy atom. The van der Waals surface area contributed by atoms with E-state index in [0.29, 0.717) is 0 Å². The fourth-order valence-electron chi connectivity index (χ4n) is 0.307. The van der Waals surface area contributed by atoms with E-state index in [1.165, 1.54) is 31.9 Å². The van der Waals surface area contributed by atoms with Gasteiger partial charge in [0.1, 0.15) is 0 Å². The van der Waals surface area contributed by atoms with Crippen LogP contribution in [0.3, 0.4) is 0 Å². The van der Waals surface area contributed by atoms with E-state index in [2.05, 4.69) is 0 Å². The van der Waals surface area contributed by atoms with Gasteiger partial charge in [0.25, 0.3) is 5.78 Å². The van der Waals surface area contributed by atoms with Crippen LogP contribution in [0, 0.1) is 0 Å². The number of Topliss-reactive ketones (excluding diaryl/α,β-unsaturated/α-hetero) is 1. The first-order valence-electron chi connectivity index (χ1n) is 2.47. The van der Waals surface area contributed by atoms with Gasteiger partial charge in [0, 0.05) is 0 Å². The highest BCUT2D eigenvalue weighted by Crippen LogP contribution is 2.46. The summed E-state index contributed by atoms with van der Waals surface area (Å²) in [7, 11) is 0. The molecular weight excluding hydrogens is 338 g/mol. The Morgan fingerprint density at radius 2 is 1.23 bits per heavy atom. The third-order valence-corrected chi connectivity index (χ3v) is 2.84. The first kappa shape index (κ1) is 13.2. The lowest BCUT2D eigenvalue weighted by atomic mass is 10.2. The van der Waals surface area contributed by atoms with Crippen molar-refractivity contribution in [3.63, 3.8) is 0 Å². The number of alkyl halides is 8. The highest BCUT2D eigenvalue weighted by Gasteiger charge is 2.65. The molecule has 0 fully saturated rings. The van der Waals surface area contributed by atoms with Crippen molar-refractivity contribution in [2.24, 2.45) is 0 Å². The fourth-order valence-corrected chi connectivity index (χ4v) is 0.712. The van der Waals surface area contributed by atoms with Crippen LogP contribution in [-0.4, -0.2) is 21.4 Å². The lowest BCUT2D eigenvalue weighted by molar-refractivity contribution is -0.185. The van der Waals surface area contributed by atoms with Crippen molar-refractivity contribution in [3.8, 4) is 0 Å². The molecule has 0 radical (unpaired) electrons. The van der Waals surface area contributed by atoms with Gasteiger partial charge in [-0.25, -0.2) is 4.39 Å². The number of halogens is 8. The second kappa shape index (κ2) is 3.41. The van der Waals surface area contributed by atoms with Crippen LogP contribution in [0.4, 0.5) is 26.3 Å². The minimum atomic E-state index is -5.67. The molecule has 0 aromatic carbocycles. The summed E-state index contributed by atoms with van der Waals surface area (Å²) in [6.45, 7) is 0. The molecule has 13 heavy (non-hydrogen) atoms. The van der Waals surface area contributed by atoms with E-state index in [-0.39, 0.29) is 0 Å². The first-order valence-corrected chi connectivity index (χ1v) is 4.05. The quantitative estimate of drug-likeness (QED) is 0.559. The molecule has 0 rings (SSSR count). The topological polar surface area (TPSA) is 17.1 Å². The van der Waals surface area contributed by atoms with Crippen LogP contribution in [0.25, 0.3) is 0 Å². The Morgan fingerprint density at radius 1 is 0.923 bits per heavy atom. The Bertz CT molecular complexity index is 216. The molecule has 0 aliphatic heterocycles. The lowest BCUT2D eigenvalue weighted by Crippen LogP contribution is -2.48. The smallest absolute Gasteiger partial charge is 0.285 e. The summed E-state index contributed by atoms with van der Waals surface area (Å²) in [5, 5.41) is 0. The van der Waals surface area contributed by atoms with Gasteiger partial charge in [0.2, 0.25) is 0 Å². The van der Waals surface area contributed by atoms with Gasteiger partial charge in [-0.3, -0.25) is 4.79 Å². The molecule has 1 unspecified atom stereocenters. The molecule has 0 aliphatic carbocycles. The molecule has 0 aromatic heterocycles. The number of carbonyl (C=O) groups is 1. The van der Waals surface area contributed by atoms with E-state index < -0.39 is 21.4 Å². The van der Waals surface area contributed by atoms with E-state index in [0.717, 1.165) is 0 Å². The summed E-state index contributed by atoms with van der Waals surface area (Å²) in [6.07, 6.45) is -5.67. The van der Waals surface area contributed by atoms with Crippen molar-refractivity contribution in [3.05, 3.63) is 0 Å². The number of ketones is 1. The van der Waals surface area contributed by atoms with E-state index >= 15 is 0 Å². The van der Waals surface area contributed by atoms with Crippen molar-refractivity contribution < 1.29 is 31.1 Å². The summed E-state index contributed by atoms with van der Waals surface area (Å²) >= 11 is 2.69. The zero-order valence-corrected chi connectivity index (χ0v) is 8.60. The van der Waals surface area contributed by atoms with Crippen LogP contribution in [-0.2, 0) is 4.79 Å². The molecule has 1 nitrogen and oxygen atoms in total. The Labute approximate surface area is 84.7 Å². The van der Waals surface area contributed by atoms with Crippen molar-refractivity contribution in [1.82, 2.24) is 0 Å². The van der Waals surface area contributed by atoms with Gasteiger partial charge < -0.3 is 0 Å². The molecule has 1 atom stereocenters. The Balaban J connectivity index is 4.98. The second-order valence-electron chi connectivity index (χ2n) is 1.90. The molecule has 0 saturated carbocycles. The van der Waals surface area contributed by atoms with Crippen LogP contribution in [0.15, 0.2) is 0 Å².